The van der Waals surface area contributed by atoms with Crippen molar-refractivity contribution in [2.24, 2.45) is 0 Å². The van der Waals surface area contributed by atoms with Gasteiger partial charge in [0.05, 0.1) is 10.5 Å². The van der Waals surface area contributed by atoms with E-state index in [1.165, 1.54) is 30.5 Å². The van der Waals surface area contributed by atoms with E-state index in [-0.39, 0.29) is 22.7 Å². The lowest BCUT2D eigenvalue weighted by Gasteiger charge is -2.12. The van der Waals surface area contributed by atoms with Crippen LogP contribution in [0.4, 0.5) is 18.9 Å². The first-order chi connectivity index (χ1) is 16.0. The van der Waals surface area contributed by atoms with Gasteiger partial charge < -0.3 is 4.57 Å². The SMILES string of the molecule is O=C(Cn1ccccc1=O)NNC(=O)c1cccc(S(=O)(=O)Nc2cccc(C(F)(F)F)c2)c1. The minimum absolute atomic E-state index is 0.149. The van der Waals surface area contributed by atoms with Crippen LogP contribution in [-0.4, -0.2) is 24.8 Å². The molecule has 3 rings (SSSR count). The normalized spacial score (nSPS) is 11.5. The molecule has 3 N–H and O–H groups in total. The smallest absolute Gasteiger partial charge is 0.306 e. The van der Waals surface area contributed by atoms with Crippen LogP contribution in [0.5, 0.6) is 0 Å². The molecule has 0 saturated heterocycles. The number of hydrazine groups is 1. The van der Waals surface area contributed by atoms with Gasteiger partial charge in [0.25, 0.3) is 27.4 Å². The topological polar surface area (TPSA) is 126 Å². The zero-order valence-corrected chi connectivity index (χ0v) is 18.0. The van der Waals surface area contributed by atoms with Gasteiger partial charge in [0.15, 0.2) is 0 Å². The van der Waals surface area contributed by atoms with E-state index in [1.54, 1.807) is 6.07 Å². The number of carbonyl (C=O) groups excluding carboxylic acids is 2. The highest BCUT2D eigenvalue weighted by atomic mass is 32.2. The Balaban J connectivity index is 1.68. The summed E-state index contributed by atoms with van der Waals surface area (Å²) < 4.78 is 67.0. The highest BCUT2D eigenvalue weighted by Crippen LogP contribution is 2.31. The van der Waals surface area contributed by atoms with E-state index in [4.69, 9.17) is 0 Å². The van der Waals surface area contributed by atoms with Crippen molar-refractivity contribution in [2.75, 3.05) is 4.72 Å². The second-order valence-corrected chi connectivity index (χ2v) is 8.56. The van der Waals surface area contributed by atoms with Crippen LogP contribution in [-0.2, 0) is 27.5 Å². The molecule has 34 heavy (non-hydrogen) atoms. The van der Waals surface area contributed by atoms with Gasteiger partial charge in [-0.05, 0) is 42.5 Å². The molecule has 0 aliphatic rings. The van der Waals surface area contributed by atoms with Gasteiger partial charge in [0, 0.05) is 23.5 Å². The van der Waals surface area contributed by atoms with Crippen molar-refractivity contribution < 1.29 is 31.2 Å². The van der Waals surface area contributed by atoms with E-state index in [0.717, 1.165) is 34.9 Å². The highest BCUT2D eigenvalue weighted by Gasteiger charge is 2.30. The first-order valence-corrected chi connectivity index (χ1v) is 11.0. The molecule has 13 heteroatoms. The van der Waals surface area contributed by atoms with Crippen LogP contribution in [0.25, 0.3) is 0 Å². The van der Waals surface area contributed by atoms with Crippen LogP contribution in [0.15, 0.2) is 82.6 Å². The summed E-state index contributed by atoms with van der Waals surface area (Å²) in [5, 5.41) is 0. The van der Waals surface area contributed by atoms with Crippen LogP contribution in [0.1, 0.15) is 15.9 Å². The molecule has 0 aliphatic carbocycles. The van der Waals surface area contributed by atoms with Gasteiger partial charge in [-0.2, -0.15) is 13.2 Å². The van der Waals surface area contributed by atoms with Crippen LogP contribution < -0.4 is 21.1 Å². The van der Waals surface area contributed by atoms with Gasteiger partial charge in [-0.3, -0.25) is 30.0 Å². The number of anilines is 1. The van der Waals surface area contributed by atoms with Crippen molar-refractivity contribution >= 4 is 27.5 Å². The number of nitrogens with zero attached hydrogens (tertiary/aromatic N) is 1. The molecule has 0 aliphatic heterocycles. The molecule has 1 heterocycles. The highest BCUT2D eigenvalue weighted by molar-refractivity contribution is 7.92. The predicted molar refractivity (Wildman–Crippen MR) is 115 cm³/mol. The van der Waals surface area contributed by atoms with Crippen molar-refractivity contribution in [3.63, 3.8) is 0 Å². The van der Waals surface area contributed by atoms with E-state index in [0.29, 0.717) is 6.07 Å². The molecule has 0 saturated carbocycles. The maximum atomic E-state index is 12.9. The number of aromatic nitrogens is 1. The fourth-order valence-corrected chi connectivity index (χ4v) is 3.86. The molecule has 0 atom stereocenters. The standard InChI is InChI=1S/C21H17F3N4O5S/c22-21(23,24)15-6-4-7-16(12-15)27-34(32,33)17-8-3-5-14(11-17)20(31)26-25-18(29)13-28-10-2-1-9-19(28)30/h1-12,27H,13H2,(H,25,29)(H,26,31). The first-order valence-electron chi connectivity index (χ1n) is 9.50. The summed E-state index contributed by atoms with van der Waals surface area (Å²) in [5.74, 6) is -1.57. The number of alkyl halides is 3. The Kier molecular flexibility index (Phi) is 7.05. The second kappa shape index (κ2) is 9.79. The van der Waals surface area contributed by atoms with E-state index in [9.17, 15) is 36.0 Å². The lowest BCUT2D eigenvalue weighted by atomic mass is 10.2. The minimum Gasteiger partial charge on any atom is -0.306 e. The summed E-state index contributed by atoms with van der Waals surface area (Å²) in [6.45, 7) is -0.366. The Morgan fingerprint density at radius 2 is 1.65 bits per heavy atom. The summed E-state index contributed by atoms with van der Waals surface area (Å²) in [6.07, 6.45) is -3.27. The zero-order chi connectivity index (χ0) is 24.9. The molecule has 3 aromatic rings. The van der Waals surface area contributed by atoms with Crippen molar-refractivity contribution in [2.45, 2.75) is 17.6 Å². The van der Waals surface area contributed by atoms with E-state index in [2.05, 4.69) is 10.9 Å². The van der Waals surface area contributed by atoms with Crippen molar-refractivity contribution in [3.8, 4) is 0 Å². The molecule has 0 spiro atoms. The zero-order valence-electron chi connectivity index (χ0n) is 17.2. The Morgan fingerprint density at radius 1 is 0.912 bits per heavy atom. The molecule has 0 radical (unpaired) electrons. The van der Waals surface area contributed by atoms with E-state index >= 15 is 0 Å². The molecule has 9 nitrogen and oxygen atoms in total. The maximum Gasteiger partial charge on any atom is 0.416 e. The predicted octanol–water partition coefficient (Wildman–Crippen LogP) is 2.13. The van der Waals surface area contributed by atoms with Crippen LogP contribution in [0, 0.1) is 0 Å². The minimum atomic E-state index is -4.65. The Hall–Kier alpha value is -4.13. The van der Waals surface area contributed by atoms with Crippen LogP contribution >= 0.6 is 0 Å². The fourth-order valence-electron chi connectivity index (χ4n) is 2.76. The van der Waals surface area contributed by atoms with Crippen molar-refractivity contribution in [3.05, 3.63) is 94.4 Å². The Bertz CT molecular complexity index is 1390. The Labute approximate surface area is 191 Å². The van der Waals surface area contributed by atoms with Gasteiger partial charge in [0.2, 0.25) is 0 Å². The summed E-state index contributed by atoms with van der Waals surface area (Å²) in [5.41, 5.74) is 2.29. The van der Waals surface area contributed by atoms with Gasteiger partial charge in [0.1, 0.15) is 6.54 Å². The molecule has 0 unspecified atom stereocenters. The molecular formula is C21H17F3N4O5S. The average Bonchev–Trinajstić information content (AvgIpc) is 2.78. The lowest BCUT2D eigenvalue weighted by molar-refractivity contribution is -0.137. The van der Waals surface area contributed by atoms with Crippen LogP contribution in [0.3, 0.4) is 0 Å². The number of carbonyl (C=O) groups is 2. The quantitative estimate of drug-likeness (QED) is 0.453. The van der Waals surface area contributed by atoms with E-state index in [1.807, 2.05) is 4.72 Å². The first kappa shape index (κ1) is 24.5. The number of hydrogen-bond donors (Lipinski definition) is 3. The number of nitrogens with one attached hydrogen (secondary N) is 3. The molecular weight excluding hydrogens is 477 g/mol. The van der Waals surface area contributed by atoms with E-state index < -0.39 is 39.1 Å². The number of rotatable bonds is 6. The Morgan fingerprint density at radius 3 is 2.35 bits per heavy atom. The lowest BCUT2D eigenvalue weighted by Crippen LogP contribution is -2.44. The van der Waals surface area contributed by atoms with Gasteiger partial charge in [-0.15, -0.1) is 0 Å². The summed E-state index contributed by atoms with van der Waals surface area (Å²) >= 11 is 0. The third-order valence-electron chi connectivity index (χ3n) is 4.38. The molecule has 2 aromatic carbocycles. The molecule has 2 amide bonds. The molecule has 178 valence electrons. The monoisotopic (exact) mass is 494 g/mol. The maximum absolute atomic E-state index is 12.9. The number of hydrogen-bond acceptors (Lipinski definition) is 5. The third kappa shape index (κ3) is 6.22. The van der Waals surface area contributed by atoms with Gasteiger partial charge in [-0.1, -0.05) is 18.2 Å². The molecule has 0 fully saturated rings. The van der Waals surface area contributed by atoms with Gasteiger partial charge in [-0.25, -0.2) is 8.42 Å². The largest absolute Gasteiger partial charge is 0.416 e. The summed E-state index contributed by atoms with van der Waals surface area (Å²) in [4.78, 5) is 35.5. The third-order valence-corrected chi connectivity index (χ3v) is 5.76. The van der Waals surface area contributed by atoms with Gasteiger partial charge >= 0.3 is 6.18 Å². The van der Waals surface area contributed by atoms with Crippen molar-refractivity contribution in [1.82, 2.24) is 15.4 Å². The number of amides is 2. The summed E-state index contributed by atoms with van der Waals surface area (Å²) in [6, 6.07) is 12.6. The number of halogens is 3. The number of pyridine rings is 1. The molecule has 1 aromatic heterocycles. The molecule has 0 bridgehead atoms. The summed E-state index contributed by atoms with van der Waals surface area (Å²) in [7, 11) is -4.33. The fraction of sp³-hybridized carbons (Fsp3) is 0.0952. The second-order valence-electron chi connectivity index (χ2n) is 6.88. The average molecular weight is 494 g/mol. The number of benzene rings is 2. The van der Waals surface area contributed by atoms with Crippen molar-refractivity contribution in [1.29, 1.82) is 0 Å². The number of sulfonamides is 1. The van der Waals surface area contributed by atoms with Crippen LogP contribution in [0.2, 0.25) is 0 Å².